The predicted octanol–water partition coefficient (Wildman–Crippen LogP) is 4.24. The van der Waals surface area contributed by atoms with Gasteiger partial charge in [-0.05, 0) is 60.2 Å². The van der Waals surface area contributed by atoms with Crippen molar-refractivity contribution in [2.45, 2.75) is 27.2 Å². The van der Waals surface area contributed by atoms with Crippen LogP contribution in [-0.4, -0.2) is 5.11 Å². The molecule has 2 rings (SSSR count). The zero-order chi connectivity index (χ0) is 12.4. The fourth-order valence-electron chi connectivity index (χ4n) is 2.06. The molecule has 0 aliphatic heterocycles. The van der Waals surface area contributed by atoms with Crippen LogP contribution in [0, 0.1) is 13.8 Å². The lowest BCUT2D eigenvalue weighted by Crippen LogP contribution is -1.86. The van der Waals surface area contributed by atoms with E-state index in [4.69, 9.17) is 0 Å². The van der Waals surface area contributed by atoms with Crippen molar-refractivity contribution < 1.29 is 5.11 Å². The van der Waals surface area contributed by atoms with Crippen molar-refractivity contribution in [3.8, 4) is 16.9 Å². The molecular weight excluding hydrogens is 208 g/mol. The monoisotopic (exact) mass is 226 g/mol. The van der Waals surface area contributed by atoms with Gasteiger partial charge in [-0.1, -0.05) is 31.2 Å². The summed E-state index contributed by atoms with van der Waals surface area (Å²) >= 11 is 0. The number of hydrogen-bond donors (Lipinski definition) is 1. The number of aromatic hydroxyl groups is 1. The minimum atomic E-state index is 0.402. The average Bonchev–Trinajstić information content (AvgIpc) is 2.35. The Hall–Kier alpha value is -1.76. The van der Waals surface area contributed by atoms with Gasteiger partial charge in [-0.25, -0.2) is 0 Å². The van der Waals surface area contributed by atoms with Crippen LogP contribution >= 0.6 is 0 Å². The Morgan fingerprint density at radius 3 is 1.88 bits per heavy atom. The van der Waals surface area contributed by atoms with Crippen LogP contribution in [0.5, 0.6) is 5.75 Å². The second-order valence-corrected chi connectivity index (χ2v) is 4.51. The van der Waals surface area contributed by atoms with Crippen molar-refractivity contribution in [1.29, 1.82) is 0 Å². The topological polar surface area (TPSA) is 20.2 Å². The van der Waals surface area contributed by atoms with Crippen molar-refractivity contribution in [2.75, 3.05) is 0 Å². The number of rotatable bonds is 2. The van der Waals surface area contributed by atoms with Crippen LogP contribution in [0.2, 0.25) is 0 Å². The Morgan fingerprint density at radius 2 is 1.41 bits per heavy atom. The Morgan fingerprint density at radius 1 is 0.882 bits per heavy atom. The fraction of sp³-hybridized carbons (Fsp3) is 0.250. The minimum absolute atomic E-state index is 0.402. The van der Waals surface area contributed by atoms with Crippen molar-refractivity contribution >= 4 is 0 Å². The number of aryl methyl sites for hydroxylation is 3. The largest absolute Gasteiger partial charge is 0.507 e. The maximum Gasteiger partial charge on any atom is 0.121 e. The molecule has 0 unspecified atom stereocenters. The van der Waals surface area contributed by atoms with Crippen LogP contribution < -0.4 is 0 Å². The summed E-state index contributed by atoms with van der Waals surface area (Å²) in [6.45, 7) is 6.03. The maximum absolute atomic E-state index is 9.76. The number of hydrogen-bond acceptors (Lipinski definition) is 1. The molecule has 0 radical (unpaired) electrons. The average molecular weight is 226 g/mol. The zero-order valence-corrected chi connectivity index (χ0v) is 10.6. The molecule has 2 aromatic carbocycles. The molecule has 0 saturated carbocycles. The van der Waals surface area contributed by atoms with Gasteiger partial charge in [0.05, 0.1) is 0 Å². The van der Waals surface area contributed by atoms with E-state index in [0.717, 1.165) is 17.5 Å². The Labute approximate surface area is 103 Å². The van der Waals surface area contributed by atoms with Crippen LogP contribution in [0.25, 0.3) is 11.1 Å². The predicted molar refractivity (Wildman–Crippen MR) is 72.4 cm³/mol. The lowest BCUT2D eigenvalue weighted by molar-refractivity contribution is 0.467. The van der Waals surface area contributed by atoms with Gasteiger partial charge in [0.15, 0.2) is 0 Å². The Balaban J connectivity index is 2.45. The molecule has 0 aliphatic carbocycles. The van der Waals surface area contributed by atoms with Crippen LogP contribution in [0.3, 0.4) is 0 Å². The lowest BCUT2D eigenvalue weighted by atomic mass is 9.98. The van der Waals surface area contributed by atoms with Gasteiger partial charge in [0.25, 0.3) is 0 Å². The van der Waals surface area contributed by atoms with Gasteiger partial charge in [-0.2, -0.15) is 0 Å². The molecule has 17 heavy (non-hydrogen) atoms. The van der Waals surface area contributed by atoms with Crippen LogP contribution in [0.15, 0.2) is 36.4 Å². The summed E-state index contributed by atoms with van der Waals surface area (Å²) in [7, 11) is 0. The first-order chi connectivity index (χ1) is 8.11. The highest BCUT2D eigenvalue weighted by atomic mass is 16.3. The van der Waals surface area contributed by atoms with Crippen LogP contribution in [-0.2, 0) is 6.42 Å². The van der Waals surface area contributed by atoms with E-state index >= 15 is 0 Å². The Bertz CT molecular complexity index is 501. The highest BCUT2D eigenvalue weighted by Gasteiger charge is 2.05. The third-order valence-electron chi connectivity index (χ3n) is 3.19. The summed E-state index contributed by atoms with van der Waals surface area (Å²) in [6.07, 6.45) is 1.06. The summed E-state index contributed by atoms with van der Waals surface area (Å²) in [5.74, 6) is 0.402. The highest BCUT2D eigenvalue weighted by molar-refractivity contribution is 5.67. The van der Waals surface area contributed by atoms with Crippen molar-refractivity contribution in [1.82, 2.24) is 0 Å². The molecule has 0 saturated heterocycles. The van der Waals surface area contributed by atoms with Crippen LogP contribution in [0.4, 0.5) is 0 Å². The van der Waals surface area contributed by atoms with Gasteiger partial charge in [-0.15, -0.1) is 0 Å². The lowest BCUT2D eigenvalue weighted by Gasteiger charge is -2.08. The van der Waals surface area contributed by atoms with E-state index < -0.39 is 0 Å². The summed E-state index contributed by atoms with van der Waals surface area (Å²) in [4.78, 5) is 0. The molecule has 0 fully saturated rings. The van der Waals surface area contributed by atoms with E-state index in [1.807, 2.05) is 26.0 Å². The first kappa shape index (κ1) is 11.7. The van der Waals surface area contributed by atoms with Gasteiger partial charge in [0.2, 0.25) is 0 Å². The molecule has 0 amide bonds. The van der Waals surface area contributed by atoms with Gasteiger partial charge in [-0.3, -0.25) is 0 Å². The fourth-order valence-corrected chi connectivity index (χ4v) is 2.06. The molecule has 0 spiro atoms. The molecular formula is C16H18O. The third-order valence-corrected chi connectivity index (χ3v) is 3.19. The van der Waals surface area contributed by atoms with Crippen LogP contribution in [0.1, 0.15) is 23.6 Å². The minimum Gasteiger partial charge on any atom is -0.507 e. The molecule has 1 nitrogen and oxygen atoms in total. The summed E-state index contributed by atoms with van der Waals surface area (Å²) in [5, 5.41) is 9.76. The highest BCUT2D eigenvalue weighted by Crippen LogP contribution is 2.29. The molecule has 0 aromatic heterocycles. The Kier molecular flexibility index (Phi) is 3.19. The van der Waals surface area contributed by atoms with Crippen molar-refractivity contribution in [2.24, 2.45) is 0 Å². The van der Waals surface area contributed by atoms with E-state index in [9.17, 15) is 5.11 Å². The van der Waals surface area contributed by atoms with Crippen molar-refractivity contribution in [3.63, 3.8) is 0 Å². The molecule has 0 aliphatic rings. The van der Waals surface area contributed by atoms with E-state index in [2.05, 4.69) is 31.2 Å². The normalized spacial score (nSPS) is 10.5. The van der Waals surface area contributed by atoms with Gasteiger partial charge in [0, 0.05) is 0 Å². The maximum atomic E-state index is 9.76. The molecule has 0 atom stereocenters. The molecule has 0 heterocycles. The van der Waals surface area contributed by atoms with E-state index in [-0.39, 0.29) is 0 Å². The van der Waals surface area contributed by atoms with Gasteiger partial charge in [0.1, 0.15) is 5.75 Å². The van der Waals surface area contributed by atoms with E-state index in [0.29, 0.717) is 5.75 Å². The summed E-state index contributed by atoms with van der Waals surface area (Å²) in [5.41, 5.74) is 5.58. The van der Waals surface area contributed by atoms with E-state index in [1.165, 1.54) is 16.7 Å². The number of phenolic OH excluding ortho intramolecular Hbond substituents is 1. The molecule has 88 valence electrons. The van der Waals surface area contributed by atoms with Crippen molar-refractivity contribution in [3.05, 3.63) is 53.1 Å². The molecule has 1 heteroatoms. The standard InChI is InChI=1S/C16H18O/c1-4-13-5-7-14(8-6-13)15-9-11(2)16(17)12(3)10-15/h5-10,17H,4H2,1-3H3. The number of phenols is 1. The van der Waals surface area contributed by atoms with Gasteiger partial charge >= 0.3 is 0 Å². The molecule has 1 N–H and O–H groups in total. The molecule has 2 aromatic rings. The summed E-state index contributed by atoms with van der Waals surface area (Å²) < 4.78 is 0. The second kappa shape index (κ2) is 4.62. The number of benzene rings is 2. The van der Waals surface area contributed by atoms with E-state index in [1.54, 1.807) is 0 Å². The summed E-state index contributed by atoms with van der Waals surface area (Å²) in [6, 6.07) is 12.7. The smallest absolute Gasteiger partial charge is 0.121 e. The third kappa shape index (κ3) is 2.33. The quantitative estimate of drug-likeness (QED) is 0.812. The second-order valence-electron chi connectivity index (χ2n) is 4.51. The first-order valence-corrected chi connectivity index (χ1v) is 6.01. The SMILES string of the molecule is CCc1ccc(-c2cc(C)c(O)c(C)c2)cc1. The first-order valence-electron chi connectivity index (χ1n) is 6.01. The van der Waals surface area contributed by atoms with Gasteiger partial charge < -0.3 is 5.11 Å². The zero-order valence-electron chi connectivity index (χ0n) is 10.6. The molecule has 0 bridgehead atoms.